The van der Waals surface area contributed by atoms with E-state index >= 15 is 0 Å². The zero-order chi connectivity index (χ0) is 9.59. The first kappa shape index (κ1) is 12.5. The van der Waals surface area contributed by atoms with Crippen LogP contribution in [0.4, 0.5) is 0 Å². The zero-order valence-electron chi connectivity index (χ0n) is 4.95. The van der Waals surface area contributed by atoms with Crippen molar-refractivity contribution < 1.29 is 0 Å². The fraction of sp³-hybridized carbons (Fsp3) is 0. The molecule has 0 spiro atoms. The van der Waals surface area contributed by atoms with E-state index in [0.29, 0.717) is 0 Å². The molecule has 0 bridgehead atoms. The first-order valence-corrected chi connectivity index (χ1v) is 13.5. The predicted octanol–water partition coefficient (Wildman–Crippen LogP) is 6.77. The Morgan fingerprint density at radius 2 is 1.58 bits per heavy atom. The van der Waals surface area contributed by atoms with Gasteiger partial charge in [-0.3, -0.25) is 0 Å². The predicted molar refractivity (Wildman–Crippen MR) is 62.6 cm³/mol. The topological polar surface area (TPSA) is 28.0 Å². The Kier molecular flexibility index (Phi) is 3.94. The van der Waals surface area contributed by atoms with Crippen molar-refractivity contribution in [3.05, 3.63) is 0 Å². The minimum absolute atomic E-state index is 0.791. The van der Waals surface area contributed by atoms with Gasteiger partial charge in [-0.15, -0.1) is 0 Å². The molecule has 1 rings (SSSR count). The summed E-state index contributed by atoms with van der Waals surface area (Å²) in [6.07, 6.45) is 0. The van der Waals surface area contributed by atoms with Gasteiger partial charge in [-0.05, 0) is 0 Å². The summed E-state index contributed by atoms with van der Waals surface area (Å²) >= 11 is 34.2. The SMILES string of the molecule is ClN=NN(Cl)P1(Cl)(Cl)P(Cl)P1Cl. The standard InChI is InChI=1S/Cl6N3P3/c1-7-8-9(2)12(5,6)10(3)11(12)4. The van der Waals surface area contributed by atoms with Gasteiger partial charge in [0.25, 0.3) is 0 Å². The molecule has 72 valence electrons. The van der Waals surface area contributed by atoms with Gasteiger partial charge in [0.1, 0.15) is 0 Å². The first-order valence-electron chi connectivity index (χ1n) is 2.21. The Balaban J connectivity index is 2.87. The van der Waals surface area contributed by atoms with Gasteiger partial charge < -0.3 is 0 Å². The fourth-order valence-corrected chi connectivity index (χ4v) is 41.3. The van der Waals surface area contributed by atoms with Gasteiger partial charge in [0, 0.05) is 0 Å². The number of halogens is 6. The Bertz CT molecular complexity index is 216. The van der Waals surface area contributed by atoms with E-state index in [1.54, 1.807) is 0 Å². The molecule has 3 nitrogen and oxygen atoms in total. The van der Waals surface area contributed by atoms with Crippen molar-refractivity contribution >= 4 is 86.7 Å². The van der Waals surface area contributed by atoms with Gasteiger partial charge in [0.05, 0.1) is 0 Å². The van der Waals surface area contributed by atoms with Crippen LogP contribution in [0.1, 0.15) is 0 Å². The summed E-state index contributed by atoms with van der Waals surface area (Å²) in [5.74, 6) is 0. The zero-order valence-corrected chi connectivity index (χ0v) is 12.2. The van der Waals surface area contributed by atoms with Crippen molar-refractivity contribution in [2.24, 2.45) is 9.86 Å². The Morgan fingerprint density at radius 1 is 1.17 bits per heavy atom. The molecule has 1 heterocycles. The molecular weight excluding hydrogens is 348 g/mol. The van der Waals surface area contributed by atoms with Crippen LogP contribution in [0.3, 0.4) is 0 Å². The van der Waals surface area contributed by atoms with E-state index < -0.39 is 18.1 Å². The minimum atomic E-state index is -3.35. The van der Waals surface area contributed by atoms with Crippen LogP contribution < -0.4 is 0 Å². The molecule has 1 saturated heterocycles. The van der Waals surface area contributed by atoms with E-state index in [1.165, 1.54) is 0 Å². The van der Waals surface area contributed by atoms with Gasteiger partial charge >= 0.3 is 101 Å². The fourth-order valence-electron chi connectivity index (χ4n) is 0.388. The quantitative estimate of drug-likeness (QED) is 0.234. The molecule has 2 atom stereocenters. The number of rotatable bonds is 2. The van der Waals surface area contributed by atoms with Gasteiger partial charge in [0.15, 0.2) is 0 Å². The van der Waals surface area contributed by atoms with Crippen LogP contribution >= 0.6 is 86.7 Å². The molecule has 0 aromatic carbocycles. The number of hydrogen-bond acceptors (Lipinski definition) is 2. The second-order valence-electron chi connectivity index (χ2n) is 1.67. The molecular formula is Cl6N3P3. The summed E-state index contributed by atoms with van der Waals surface area (Å²) in [7, 11) is 0. The molecule has 0 N–H and O–H groups in total. The number of nitrogens with zero attached hydrogens (tertiary/aromatic N) is 3. The van der Waals surface area contributed by atoms with Crippen LogP contribution in [-0.4, -0.2) is 4.30 Å². The van der Waals surface area contributed by atoms with Crippen molar-refractivity contribution in [3.8, 4) is 0 Å². The molecule has 12 heavy (non-hydrogen) atoms. The van der Waals surface area contributed by atoms with Crippen LogP contribution in [0.15, 0.2) is 9.86 Å². The van der Waals surface area contributed by atoms with Crippen LogP contribution in [0.5, 0.6) is 0 Å². The molecule has 1 aliphatic heterocycles. The van der Waals surface area contributed by atoms with E-state index in [9.17, 15) is 0 Å². The summed E-state index contributed by atoms with van der Waals surface area (Å²) in [6, 6.07) is 0. The van der Waals surface area contributed by atoms with E-state index in [-0.39, 0.29) is 0 Å². The van der Waals surface area contributed by atoms with Crippen molar-refractivity contribution in [1.29, 1.82) is 0 Å². The third-order valence-electron chi connectivity index (χ3n) is 1.03. The molecule has 0 aliphatic carbocycles. The Hall–Kier alpha value is 2.43. The average Bonchev–Trinajstić information content (AvgIpc) is 2.39. The molecule has 1 fully saturated rings. The third-order valence-corrected chi connectivity index (χ3v) is 44.9. The summed E-state index contributed by atoms with van der Waals surface area (Å²) in [4.78, 5) is -3.35. The van der Waals surface area contributed by atoms with Gasteiger partial charge in [-0.25, -0.2) is 0 Å². The second kappa shape index (κ2) is 3.78. The van der Waals surface area contributed by atoms with Crippen LogP contribution in [0.2, 0.25) is 0 Å². The van der Waals surface area contributed by atoms with E-state index in [0.717, 1.165) is 4.30 Å². The van der Waals surface area contributed by atoms with Crippen LogP contribution in [0.25, 0.3) is 0 Å². The molecule has 0 saturated carbocycles. The van der Waals surface area contributed by atoms with Crippen molar-refractivity contribution in [1.82, 2.24) is 4.30 Å². The molecule has 1 aliphatic rings. The molecule has 2 unspecified atom stereocenters. The van der Waals surface area contributed by atoms with E-state index in [1.807, 2.05) is 0 Å². The maximum absolute atomic E-state index is 6.00. The van der Waals surface area contributed by atoms with Crippen LogP contribution in [0, 0.1) is 0 Å². The monoisotopic (exact) mass is 345 g/mol. The maximum atomic E-state index is 6.00. The molecule has 0 aromatic heterocycles. The van der Waals surface area contributed by atoms with Crippen LogP contribution in [-0.2, 0) is 0 Å². The molecule has 0 amide bonds. The van der Waals surface area contributed by atoms with Gasteiger partial charge in [-0.1, -0.05) is 0 Å². The summed E-state index contributed by atoms with van der Waals surface area (Å²) in [6.45, 7) is -2.33. The number of hydrogen-bond donors (Lipinski definition) is 0. The summed E-state index contributed by atoms with van der Waals surface area (Å²) in [5.41, 5.74) is 0. The van der Waals surface area contributed by atoms with Gasteiger partial charge in [0.2, 0.25) is 0 Å². The average molecular weight is 348 g/mol. The Morgan fingerprint density at radius 3 is 1.83 bits per heavy atom. The Labute approximate surface area is 100 Å². The molecule has 12 heteroatoms. The van der Waals surface area contributed by atoms with Gasteiger partial charge in [-0.2, -0.15) is 0 Å². The second-order valence-corrected chi connectivity index (χ2v) is 29.8. The molecule has 0 radical (unpaired) electrons. The third kappa shape index (κ3) is 1.64. The van der Waals surface area contributed by atoms with E-state index in [2.05, 4.69) is 9.86 Å². The molecule has 0 aromatic rings. The van der Waals surface area contributed by atoms with Crippen molar-refractivity contribution in [2.45, 2.75) is 0 Å². The summed E-state index contributed by atoms with van der Waals surface area (Å²) in [5, 5.41) is 3.28. The summed E-state index contributed by atoms with van der Waals surface area (Å²) < 4.78 is 3.71. The van der Waals surface area contributed by atoms with Crippen molar-refractivity contribution in [3.63, 3.8) is 0 Å². The van der Waals surface area contributed by atoms with Crippen molar-refractivity contribution in [2.75, 3.05) is 0 Å². The normalized spacial score (nSPS) is 40.3. The van der Waals surface area contributed by atoms with E-state index in [4.69, 9.17) is 68.5 Å². The first-order chi connectivity index (χ1) is 5.35.